The molecule has 26 heavy (non-hydrogen) atoms. The van der Waals surface area contributed by atoms with Crippen LogP contribution in [0.3, 0.4) is 0 Å². The number of rotatable bonds is 5. The molecule has 0 aliphatic heterocycles. The number of hydrogen-bond acceptors (Lipinski definition) is 4. The molecular formula is C19H21ClN2O3S. The van der Waals surface area contributed by atoms with Crippen LogP contribution in [-0.2, 0) is 17.6 Å². The molecule has 2 N–H and O–H groups in total. The molecule has 0 bridgehead atoms. The molecule has 0 saturated carbocycles. The molecular weight excluding hydrogens is 372 g/mol. The lowest BCUT2D eigenvalue weighted by atomic mass is 9.88. The van der Waals surface area contributed by atoms with Crippen LogP contribution in [0, 0.1) is 5.92 Å². The molecule has 1 atom stereocenters. The van der Waals surface area contributed by atoms with E-state index in [1.807, 2.05) is 0 Å². The fourth-order valence-electron chi connectivity index (χ4n) is 3.05. The minimum atomic E-state index is -0.295. The minimum Gasteiger partial charge on any atom is -0.484 e. The molecule has 0 radical (unpaired) electrons. The average Bonchev–Trinajstić information content (AvgIpc) is 2.97. The second-order valence-corrected chi connectivity index (χ2v) is 7.97. The average molecular weight is 393 g/mol. The first-order valence-corrected chi connectivity index (χ1v) is 9.72. The summed E-state index contributed by atoms with van der Waals surface area (Å²) in [5.74, 6) is 0.702. The Morgan fingerprint density at radius 1 is 1.31 bits per heavy atom. The van der Waals surface area contributed by atoms with Crippen molar-refractivity contribution in [1.82, 2.24) is 5.32 Å². The van der Waals surface area contributed by atoms with E-state index < -0.39 is 0 Å². The number of halogens is 1. The molecule has 1 aromatic heterocycles. The predicted octanol–water partition coefficient (Wildman–Crippen LogP) is 3.90. The van der Waals surface area contributed by atoms with Crippen LogP contribution in [-0.4, -0.2) is 25.5 Å². The zero-order chi connectivity index (χ0) is 18.7. The van der Waals surface area contributed by atoms with E-state index in [4.69, 9.17) is 16.3 Å². The summed E-state index contributed by atoms with van der Waals surface area (Å²) < 4.78 is 5.47. The number of carbonyl (C=O) groups excluding carboxylic acids is 2. The first-order chi connectivity index (χ1) is 12.5. The van der Waals surface area contributed by atoms with Gasteiger partial charge in [0, 0.05) is 16.9 Å². The van der Waals surface area contributed by atoms with Crippen molar-refractivity contribution in [3.05, 3.63) is 45.3 Å². The van der Waals surface area contributed by atoms with E-state index >= 15 is 0 Å². The molecule has 138 valence electrons. The maximum absolute atomic E-state index is 12.3. The van der Waals surface area contributed by atoms with Crippen molar-refractivity contribution in [2.75, 3.05) is 19.0 Å². The van der Waals surface area contributed by atoms with Crippen molar-refractivity contribution in [3.63, 3.8) is 0 Å². The topological polar surface area (TPSA) is 67.4 Å². The lowest BCUT2D eigenvalue weighted by Gasteiger charge is -2.18. The van der Waals surface area contributed by atoms with Crippen molar-refractivity contribution in [1.29, 1.82) is 0 Å². The molecule has 0 fully saturated rings. The number of anilines is 1. The number of ether oxygens (including phenoxy) is 1. The molecule has 2 amide bonds. The Bertz CT molecular complexity index is 817. The monoisotopic (exact) mass is 392 g/mol. The molecule has 7 heteroatoms. The molecule has 1 aromatic carbocycles. The Morgan fingerprint density at radius 3 is 2.73 bits per heavy atom. The number of thiophene rings is 1. The van der Waals surface area contributed by atoms with Gasteiger partial charge in [0.15, 0.2) is 6.61 Å². The van der Waals surface area contributed by atoms with E-state index in [1.165, 1.54) is 16.2 Å². The Hall–Kier alpha value is -2.05. The highest BCUT2D eigenvalue weighted by Crippen LogP contribution is 2.39. The minimum absolute atomic E-state index is 0.131. The zero-order valence-electron chi connectivity index (χ0n) is 14.7. The summed E-state index contributed by atoms with van der Waals surface area (Å²) in [6, 6.07) is 6.81. The summed E-state index contributed by atoms with van der Waals surface area (Å²) in [5, 5.41) is 6.74. The molecule has 2 aromatic rings. The Kier molecular flexibility index (Phi) is 5.84. The van der Waals surface area contributed by atoms with E-state index in [0.29, 0.717) is 27.3 Å². The van der Waals surface area contributed by atoms with E-state index in [0.717, 1.165) is 24.8 Å². The Balaban J connectivity index is 1.73. The van der Waals surface area contributed by atoms with Gasteiger partial charge in [0.25, 0.3) is 11.8 Å². The van der Waals surface area contributed by atoms with Gasteiger partial charge in [-0.3, -0.25) is 9.59 Å². The lowest BCUT2D eigenvalue weighted by Crippen LogP contribution is -2.24. The van der Waals surface area contributed by atoms with Crippen LogP contribution in [0.4, 0.5) is 5.00 Å². The van der Waals surface area contributed by atoms with Gasteiger partial charge in [0.05, 0.1) is 5.56 Å². The maximum atomic E-state index is 12.3. The SMILES string of the molecule is CNC(=O)c1c(NC(=O)COc2ccc(Cl)cc2)sc2c1CCC(C)C2. The molecule has 1 aliphatic carbocycles. The van der Waals surface area contributed by atoms with Crippen molar-refractivity contribution >= 4 is 39.8 Å². The van der Waals surface area contributed by atoms with Crippen molar-refractivity contribution in [2.45, 2.75) is 26.2 Å². The van der Waals surface area contributed by atoms with Gasteiger partial charge in [-0.25, -0.2) is 0 Å². The Labute approximate surface area is 161 Å². The molecule has 5 nitrogen and oxygen atoms in total. The van der Waals surface area contributed by atoms with Gasteiger partial charge in [0.1, 0.15) is 10.8 Å². The van der Waals surface area contributed by atoms with Gasteiger partial charge in [-0.15, -0.1) is 11.3 Å². The summed E-state index contributed by atoms with van der Waals surface area (Å²) in [5.41, 5.74) is 1.67. The molecule has 0 saturated heterocycles. The van der Waals surface area contributed by atoms with Crippen LogP contribution < -0.4 is 15.4 Å². The normalized spacial score (nSPS) is 15.9. The largest absolute Gasteiger partial charge is 0.484 e. The summed E-state index contributed by atoms with van der Waals surface area (Å²) >= 11 is 7.33. The first-order valence-electron chi connectivity index (χ1n) is 8.52. The Morgan fingerprint density at radius 2 is 2.04 bits per heavy atom. The highest BCUT2D eigenvalue weighted by Gasteiger charge is 2.27. The van der Waals surface area contributed by atoms with Gasteiger partial charge >= 0.3 is 0 Å². The molecule has 0 spiro atoms. The van der Waals surface area contributed by atoms with Gasteiger partial charge in [-0.1, -0.05) is 18.5 Å². The summed E-state index contributed by atoms with van der Waals surface area (Å²) in [4.78, 5) is 25.8. The number of carbonyl (C=O) groups is 2. The van der Waals surface area contributed by atoms with Crippen molar-refractivity contribution in [3.8, 4) is 5.75 Å². The van der Waals surface area contributed by atoms with Crippen LogP contribution >= 0.6 is 22.9 Å². The third-order valence-corrected chi connectivity index (χ3v) is 5.82. The van der Waals surface area contributed by atoms with Gasteiger partial charge in [-0.05, 0) is 55.0 Å². The van der Waals surface area contributed by atoms with Crippen LogP contribution in [0.25, 0.3) is 0 Å². The number of nitrogens with one attached hydrogen (secondary N) is 2. The van der Waals surface area contributed by atoms with Gasteiger partial charge in [-0.2, -0.15) is 0 Å². The molecule has 1 aliphatic rings. The van der Waals surface area contributed by atoms with Crippen LogP contribution in [0.1, 0.15) is 34.1 Å². The number of amides is 2. The van der Waals surface area contributed by atoms with E-state index in [9.17, 15) is 9.59 Å². The maximum Gasteiger partial charge on any atom is 0.262 e. The van der Waals surface area contributed by atoms with E-state index in [2.05, 4.69) is 17.6 Å². The second-order valence-electron chi connectivity index (χ2n) is 6.43. The van der Waals surface area contributed by atoms with Crippen molar-refractivity contribution < 1.29 is 14.3 Å². The summed E-state index contributed by atoms with van der Waals surface area (Å²) in [6.07, 6.45) is 2.87. The standard InChI is InChI=1S/C19H21ClN2O3S/c1-11-3-8-14-15(9-11)26-19(17(14)18(24)21-2)22-16(23)10-25-13-6-4-12(20)5-7-13/h4-7,11H,3,8-10H2,1-2H3,(H,21,24)(H,22,23). The van der Waals surface area contributed by atoms with Crippen molar-refractivity contribution in [2.24, 2.45) is 5.92 Å². The molecule has 3 rings (SSSR count). The fourth-order valence-corrected chi connectivity index (χ4v) is 4.60. The first kappa shape index (κ1) is 18.7. The third-order valence-electron chi connectivity index (χ3n) is 4.40. The van der Waals surface area contributed by atoms with Crippen LogP contribution in [0.15, 0.2) is 24.3 Å². The zero-order valence-corrected chi connectivity index (χ0v) is 16.3. The lowest BCUT2D eigenvalue weighted by molar-refractivity contribution is -0.118. The smallest absolute Gasteiger partial charge is 0.262 e. The highest BCUT2D eigenvalue weighted by molar-refractivity contribution is 7.17. The third kappa shape index (κ3) is 4.19. The van der Waals surface area contributed by atoms with E-state index in [-0.39, 0.29) is 18.4 Å². The van der Waals surface area contributed by atoms with Crippen LogP contribution in [0.2, 0.25) is 5.02 Å². The number of hydrogen-bond donors (Lipinski definition) is 2. The number of benzene rings is 1. The molecule has 1 heterocycles. The van der Waals surface area contributed by atoms with Crippen LogP contribution in [0.5, 0.6) is 5.75 Å². The van der Waals surface area contributed by atoms with Gasteiger partial charge < -0.3 is 15.4 Å². The predicted molar refractivity (Wildman–Crippen MR) is 104 cm³/mol. The summed E-state index contributed by atoms with van der Waals surface area (Å²) in [6.45, 7) is 2.08. The molecule has 1 unspecified atom stereocenters. The fraction of sp³-hybridized carbons (Fsp3) is 0.368. The highest BCUT2D eigenvalue weighted by atomic mass is 35.5. The summed E-state index contributed by atoms with van der Waals surface area (Å²) in [7, 11) is 1.60. The van der Waals surface area contributed by atoms with E-state index in [1.54, 1.807) is 31.3 Å². The number of fused-ring (bicyclic) bond motifs is 1. The second kappa shape index (κ2) is 8.10. The quantitative estimate of drug-likeness (QED) is 0.810. The van der Waals surface area contributed by atoms with Gasteiger partial charge in [0.2, 0.25) is 0 Å².